The standard InChI is InChI=1S/C15H29N3/c1-2-3-4-5-6-7-8-9-10-15-17-12-14-18(15)13-11-16/h5-6,12,14-15,17H,2-4,7-11,13,16H2,1H3/b6-5+. The molecular formula is C15H29N3. The minimum atomic E-state index is 0.470. The molecule has 0 fully saturated rings. The van der Waals surface area contributed by atoms with Gasteiger partial charge in [-0.3, -0.25) is 0 Å². The van der Waals surface area contributed by atoms with E-state index in [0.717, 1.165) is 13.1 Å². The summed E-state index contributed by atoms with van der Waals surface area (Å²) in [5.74, 6) is 0. The molecule has 0 aromatic carbocycles. The van der Waals surface area contributed by atoms with Crippen molar-refractivity contribution in [3.63, 3.8) is 0 Å². The molecule has 1 unspecified atom stereocenters. The maximum atomic E-state index is 5.59. The zero-order chi connectivity index (χ0) is 13.1. The lowest BCUT2D eigenvalue weighted by Crippen LogP contribution is -2.37. The summed E-state index contributed by atoms with van der Waals surface area (Å²) in [6, 6.07) is 0. The van der Waals surface area contributed by atoms with Crippen LogP contribution in [-0.4, -0.2) is 24.2 Å². The van der Waals surface area contributed by atoms with Crippen LogP contribution >= 0.6 is 0 Å². The Labute approximate surface area is 112 Å². The highest BCUT2D eigenvalue weighted by atomic mass is 15.3. The van der Waals surface area contributed by atoms with Crippen LogP contribution in [0.1, 0.15) is 51.9 Å². The largest absolute Gasteiger partial charge is 0.370 e. The number of unbranched alkanes of at least 4 members (excludes halogenated alkanes) is 4. The second-order valence-corrected chi connectivity index (χ2v) is 4.92. The average molecular weight is 251 g/mol. The van der Waals surface area contributed by atoms with Crippen LogP contribution in [0, 0.1) is 0 Å². The van der Waals surface area contributed by atoms with E-state index in [1.807, 2.05) is 6.20 Å². The van der Waals surface area contributed by atoms with Gasteiger partial charge in [0.1, 0.15) is 0 Å². The number of nitrogens with zero attached hydrogens (tertiary/aromatic N) is 1. The Kier molecular flexibility index (Phi) is 8.40. The first kappa shape index (κ1) is 15.1. The Balaban J connectivity index is 1.99. The molecule has 1 atom stereocenters. The highest BCUT2D eigenvalue weighted by molar-refractivity contribution is 4.94. The van der Waals surface area contributed by atoms with Gasteiger partial charge >= 0.3 is 0 Å². The number of hydrogen-bond donors (Lipinski definition) is 2. The Hall–Kier alpha value is -0.960. The molecule has 0 radical (unpaired) electrons. The van der Waals surface area contributed by atoms with E-state index in [1.165, 1.54) is 44.9 Å². The fourth-order valence-electron chi connectivity index (χ4n) is 2.24. The smallest absolute Gasteiger partial charge is 0.0981 e. The van der Waals surface area contributed by atoms with Crippen molar-refractivity contribution in [3.05, 3.63) is 24.6 Å². The van der Waals surface area contributed by atoms with Crippen LogP contribution in [0.25, 0.3) is 0 Å². The first-order valence-electron chi connectivity index (χ1n) is 7.42. The molecule has 0 saturated carbocycles. The van der Waals surface area contributed by atoms with E-state index in [2.05, 4.69) is 35.5 Å². The normalized spacial score (nSPS) is 18.8. The van der Waals surface area contributed by atoms with E-state index in [-0.39, 0.29) is 0 Å². The van der Waals surface area contributed by atoms with Gasteiger partial charge in [0.2, 0.25) is 0 Å². The minimum Gasteiger partial charge on any atom is -0.370 e. The Morgan fingerprint density at radius 1 is 1.22 bits per heavy atom. The third-order valence-electron chi connectivity index (χ3n) is 3.33. The molecule has 0 spiro atoms. The van der Waals surface area contributed by atoms with Crippen LogP contribution < -0.4 is 11.1 Å². The summed E-state index contributed by atoms with van der Waals surface area (Å²) in [5.41, 5.74) is 5.59. The van der Waals surface area contributed by atoms with Crippen LogP contribution in [0.2, 0.25) is 0 Å². The summed E-state index contributed by atoms with van der Waals surface area (Å²) >= 11 is 0. The van der Waals surface area contributed by atoms with Crippen LogP contribution in [0.5, 0.6) is 0 Å². The van der Waals surface area contributed by atoms with Crippen molar-refractivity contribution in [1.82, 2.24) is 10.2 Å². The topological polar surface area (TPSA) is 41.3 Å². The molecule has 0 amide bonds. The lowest BCUT2D eigenvalue weighted by Gasteiger charge is -2.24. The summed E-state index contributed by atoms with van der Waals surface area (Å²) in [4.78, 5) is 2.30. The molecule has 0 aromatic rings. The van der Waals surface area contributed by atoms with Crippen molar-refractivity contribution in [2.24, 2.45) is 5.73 Å². The highest BCUT2D eigenvalue weighted by Gasteiger charge is 2.16. The summed E-state index contributed by atoms with van der Waals surface area (Å²) in [6.07, 6.45) is 18.1. The third kappa shape index (κ3) is 6.10. The summed E-state index contributed by atoms with van der Waals surface area (Å²) in [7, 11) is 0. The van der Waals surface area contributed by atoms with Crippen molar-refractivity contribution < 1.29 is 0 Å². The molecule has 0 aromatic heterocycles. The monoisotopic (exact) mass is 251 g/mol. The van der Waals surface area contributed by atoms with Gasteiger partial charge in [0.25, 0.3) is 0 Å². The quantitative estimate of drug-likeness (QED) is 0.463. The fourth-order valence-corrected chi connectivity index (χ4v) is 2.24. The fraction of sp³-hybridized carbons (Fsp3) is 0.733. The molecule has 1 rings (SSSR count). The van der Waals surface area contributed by atoms with Gasteiger partial charge in [-0.05, 0) is 32.1 Å². The highest BCUT2D eigenvalue weighted by Crippen LogP contribution is 2.12. The van der Waals surface area contributed by atoms with Gasteiger partial charge in [-0.1, -0.05) is 31.9 Å². The zero-order valence-corrected chi connectivity index (χ0v) is 11.8. The minimum absolute atomic E-state index is 0.470. The number of allylic oxidation sites excluding steroid dienone is 2. The molecule has 0 aliphatic carbocycles. The molecule has 0 saturated heterocycles. The van der Waals surface area contributed by atoms with E-state index in [0.29, 0.717) is 6.17 Å². The van der Waals surface area contributed by atoms with Crippen molar-refractivity contribution in [2.45, 2.75) is 58.0 Å². The summed E-state index contributed by atoms with van der Waals surface area (Å²) in [6.45, 7) is 3.91. The second-order valence-electron chi connectivity index (χ2n) is 4.92. The molecule has 3 N–H and O–H groups in total. The van der Waals surface area contributed by atoms with Crippen molar-refractivity contribution in [1.29, 1.82) is 0 Å². The van der Waals surface area contributed by atoms with E-state index in [4.69, 9.17) is 5.73 Å². The van der Waals surface area contributed by atoms with Crippen LogP contribution in [0.15, 0.2) is 24.6 Å². The second kappa shape index (κ2) is 10.0. The van der Waals surface area contributed by atoms with Gasteiger partial charge in [0, 0.05) is 25.5 Å². The van der Waals surface area contributed by atoms with Gasteiger partial charge < -0.3 is 16.0 Å². The summed E-state index contributed by atoms with van der Waals surface area (Å²) < 4.78 is 0. The van der Waals surface area contributed by atoms with Crippen molar-refractivity contribution in [2.75, 3.05) is 13.1 Å². The van der Waals surface area contributed by atoms with E-state index < -0.39 is 0 Å². The molecule has 3 nitrogen and oxygen atoms in total. The number of nitrogens with one attached hydrogen (secondary N) is 1. The molecular weight excluding hydrogens is 222 g/mol. The zero-order valence-electron chi connectivity index (χ0n) is 11.8. The molecule has 3 heteroatoms. The molecule has 18 heavy (non-hydrogen) atoms. The lowest BCUT2D eigenvalue weighted by atomic mass is 10.1. The predicted molar refractivity (Wildman–Crippen MR) is 79.0 cm³/mol. The van der Waals surface area contributed by atoms with E-state index >= 15 is 0 Å². The van der Waals surface area contributed by atoms with E-state index in [9.17, 15) is 0 Å². The number of hydrogen-bond acceptors (Lipinski definition) is 3. The SMILES string of the molecule is CCCC/C=C/CCCCC1NC=CN1CCN. The van der Waals surface area contributed by atoms with Crippen LogP contribution in [0.4, 0.5) is 0 Å². The van der Waals surface area contributed by atoms with E-state index in [1.54, 1.807) is 0 Å². The van der Waals surface area contributed by atoms with Gasteiger partial charge in [0.15, 0.2) is 0 Å². The molecule has 1 aliphatic heterocycles. The maximum absolute atomic E-state index is 5.59. The molecule has 1 heterocycles. The number of rotatable bonds is 10. The first-order valence-corrected chi connectivity index (χ1v) is 7.42. The van der Waals surface area contributed by atoms with Gasteiger partial charge in [-0.25, -0.2) is 0 Å². The van der Waals surface area contributed by atoms with Gasteiger partial charge in [-0.2, -0.15) is 0 Å². The van der Waals surface area contributed by atoms with Crippen LogP contribution in [-0.2, 0) is 0 Å². The molecule has 0 bridgehead atoms. The van der Waals surface area contributed by atoms with Crippen LogP contribution in [0.3, 0.4) is 0 Å². The Bertz CT molecular complexity index is 248. The number of nitrogens with two attached hydrogens (primary N) is 1. The maximum Gasteiger partial charge on any atom is 0.0981 e. The first-order chi connectivity index (χ1) is 8.88. The van der Waals surface area contributed by atoms with Crippen molar-refractivity contribution in [3.8, 4) is 0 Å². The predicted octanol–water partition coefficient (Wildman–Crippen LogP) is 2.95. The Morgan fingerprint density at radius 2 is 2.00 bits per heavy atom. The van der Waals surface area contributed by atoms with Crippen molar-refractivity contribution >= 4 is 0 Å². The molecule has 1 aliphatic rings. The van der Waals surface area contributed by atoms with Gasteiger partial charge in [0.05, 0.1) is 6.17 Å². The molecule has 104 valence electrons. The van der Waals surface area contributed by atoms with Gasteiger partial charge in [-0.15, -0.1) is 0 Å². The lowest BCUT2D eigenvalue weighted by molar-refractivity contribution is 0.265. The third-order valence-corrected chi connectivity index (χ3v) is 3.33. The Morgan fingerprint density at radius 3 is 2.72 bits per heavy atom. The average Bonchev–Trinajstić information content (AvgIpc) is 2.81. The summed E-state index contributed by atoms with van der Waals surface area (Å²) in [5, 5.41) is 3.38.